The molecule has 1 aliphatic heterocycles. The molecule has 1 heterocycles. The first-order valence-electron chi connectivity index (χ1n) is 8.41. The third kappa shape index (κ3) is 3.91. The van der Waals surface area contributed by atoms with E-state index in [0.717, 1.165) is 0 Å². The number of hydrogen-bond acceptors (Lipinski definition) is 5. The van der Waals surface area contributed by atoms with Gasteiger partial charge in [0.1, 0.15) is 6.10 Å². The Balaban J connectivity index is 1.67. The molecule has 4 atom stereocenters. The molecule has 0 spiro atoms. The molecule has 3 rings (SSSR count). The maximum atomic E-state index is 14.8. The van der Waals surface area contributed by atoms with Crippen LogP contribution in [0.25, 0.3) is 0 Å². The lowest BCUT2D eigenvalue weighted by atomic mass is 10.1. The van der Waals surface area contributed by atoms with Crippen molar-refractivity contribution >= 4 is 11.9 Å². The Kier molecular flexibility index (Phi) is 5.63. The van der Waals surface area contributed by atoms with Crippen LogP contribution in [0.3, 0.4) is 0 Å². The summed E-state index contributed by atoms with van der Waals surface area (Å²) in [5.41, 5.74) is 0.611. The van der Waals surface area contributed by atoms with E-state index in [1.54, 1.807) is 67.6 Å². The highest BCUT2D eigenvalue weighted by atomic mass is 19.1. The molecule has 26 heavy (non-hydrogen) atoms. The second-order valence-electron chi connectivity index (χ2n) is 5.90. The molecule has 0 aromatic heterocycles. The largest absolute Gasteiger partial charge is 0.453 e. The smallest absolute Gasteiger partial charge is 0.340 e. The molecule has 0 aliphatic carbocycles. The van der Waals surface area contributed by atoms with Gasteiger partial charge in [0.25, 0.3) is 0 Å². The Labute approximate surface area is 150 Å². The van der Waals surface area contributed by atoms with E-state index in [1.807, 2.05) is 0 Å². The summed E-state index contributed by atoms with van der Waals surface area (Å²) in [5, 5.41) is 0. The number of benzene rings is 2. The molecular formula is C20H19FO5. The molecule has 2 aromatic rings. The van der Waals surface area contributed by atoms with E-state index < -0.39 is 36.6 Å². The molecule has 0 radical (unpaired) electrons. The summed E-state index contributed by atoms with van der Waals surface area (Å²) in [6, 6.07) is 16.6. The zero-order valence-corrected chi connectivity index (χ0v) is 14.2. The third-order valence-corrected chi connectivity index (χ3v) is 4.14. The topological polar surface area (TPSA) is 61.8 Å². The lowest BCUT2D eigenvalue weighted by Crippen LogP contribution is -2.35. The average molecular weight is 358 g/mol. The van der Waals surface area contributed by atoms with Gasteiger partial charge in [0.2, 0.25) is 12.5 Å². The van der Waals surface area contributed by atoms with E-state index in [-0.39, 0.29) is 0 Å². The van der Waals surface area contributed by atoms with E-state index in [2.05, 4.69) is 0 Å². The molecule has 0 saturated carbocycles. The Morgan fingerprint density at radius 1 is 0.923 bits per heavy atom. The zero-order chi connectivity index (χ0) is 18.5. The van der Waals surface area contributed by atoms with Crippen LogP contribution in [-0.4, -0.2) is 36.6 Å². The molecule has 136 valence electrons. The van der Waals surface area contributed by atoms with Crippen molar-refractivity contribution in [3.8, 4) is 0 Å². The van der Waals surface area contributed by atoms with Gasteiger partial charge in [0, 0.05) is 0 Å². The zero-order valence-electron chi connectivity index (χ0n) is 14.2. The minimum Gasteiger partial charge on any atom is -0.453 e. The molecule has 0 amide bonds. The SMILES string of the molecule is CCC1OC(OC(=O)c2ccccc2)C(F)C1OC(=O)c1ccccc1. The Morgan fingerprint density at radius 2 is 1.42 bits per heavy atom. The van der Waals surface area contributed by atoms with Gasteiger partial charge in [-0.15, -0.1) is 0 Å². The minimum atomic E-state index is -1.76. The first-order valence-corrected chi connectivity index (χ1v) is 8.41. The highest BCUT2D eigenvalue weighted by molar-refractivity contribution is 5.90. The van der Waals surface area contributed by atoms with Gasteiger partial charge >= 0.3 is 11.9 Å². The summed E-state index contributed by atoms with van der Waals surface area (Å²) < 4.78 is 30.7. The van der Waals surface area contributed by atoms with Crippen LogP contribution in [-0.2, 0) is 14.2 Å². The fraction of sp³-hybridized carbons (Fsp3) is 0.300. The van der Waals surface area contributed by atoms with Crippen molar-refractivity contribution in [2.24, 2.45) is 0 Å². The predicted octanol–water partition coefficient (Wildman–Crippen LogP) is 3.54. The molecule has 2 aromatic carbocycles. The summed E-state index contributed by atoms with van der Waals surface area (Å²) in [4.78, 5) is 24.3. The summed E-state index contributed by atoms with van der Waals surface area (Å²) in [6.45, 7) is 1.78. The number of halogens is 1. The number of hydrogen-bond donors (Lipinski definition) is 0. The summed E-state index contributed by atoms with van der Waals surface area (Å²) >= 11 is 0. The molecule has 0 N–H and O–H groups in total. The van der Waals surface area contributed by atoms with Gasteiger partial charge in [-0.05, 0) is 30.7 Å². The average Bonchev–Trinajstić information content (AvgIpc) is 2.98. The second-order valence-corrected chi connectivity index (χ2v) is 5.90. The first-order chi connectivity index (χ1) is 12.6. The van der Waals surface area contributed by atoms with Crippen molar-refractivity contribution in [2.75, 3.05) is 0 Å². The second kappa shape index (κ2) is 8.10. The van der Waals surface area contributed by atoms with E-state index in [0.29, 0.717) is 17.5 Å². The molecule has 1 saturated heterocycles. The van der Waals surface area contributed by atoms with Gasteiger partial charge in [-0.2, -0.15) is 0 Å². The molecule has 0 bridgehead atoms. The van der Waals surface area contributed by atoms with Crippen LogP contribution in [0.1, 0.15) is 34.1 Å². The highest BCUT2D eigenvalue weighted by Crippen LogP contribution is 2.30. The standard InChI is InChI=1S/C20H19FO5/c1-2-15-17(25-18(22)13-9-5-3-6-10-13)16(21)20(24-15)26-19(23)14-11-7-4-8-12-14/h3-12,15-17,20H,2H2,1H3. The molecule has 1 fully saturated rings. The van der Waals surface area contributed by atoms with Crippen LogP contribution in [0, 0.1) is 0 Å². The predicted molar refractivity (Wildman–Crippen MR) is 91.4 cm³/mol. The van der Waals surface area contributed by atoms with Crippen LogP contribution in [0.2, 0.25) is 0 Å². The van der Waals surface area contributed by atoms with Gasteiger partial charge in [-0.3, -0.25) is 0 Å². The van der Waals surface area contributed by atoms with Gasteiger partial charge < -0.3 is 14.2 Å². The number of alkyl halides is 1. The number of rotatable bonds is 5. The van der Waals surface area contributed by atoms with Crippen molar-refractivity contribution < 1.29 is 28.2 Å². The minimum absolute atomic E-state index is 0.293. The van der Waals surface area contributed by atoms with Crippen LogP contribution < -0.4 is 0 Å². The van der Waals surface area contributed by atoms with Crippen molar-refractivity contribution in [1.82, 2.24) is 0 Å². The monoisotopic (exact) mass is 358 g/mol. The van der Waals surface area contributed by atoms with Crippen LogP contribution in [0.15, 0.2) is 60.7 Å². The molecule has 6 heteroatoms. The Bertz CT molecular complexity index is 749. The quantitative estimate of drug-likeness (QED) is 0.765. The van der Waals surface area contributed by atoms with Crippen molar-refractivity contribution in [3.63, 3.8) is 0 Å². The highest BCUT2D eigenvalue weighted by Gasteiger charge is 2.49. The van der Waals surface area contributed by atoms with Gasteiger partial charge in [-0.1, -0.05) is 43.3 Å². The Morgan fingerprint density at radius 3 is 1.92 bits per heavy atom. The number of carbonyl (C=O) groups is 2. The van der Waals surface area contributed by atoms with Crippen LogP contribution in [0.4, 0.5) is 4.39 Å². The lowest BCUT2D eigenvalue weighted by Gasteiger charge is -2.18. The lowest BCUT2D eigenvalue weighted by molar-refractivity contribution is -0.121. The van der Waals surface area contributed by atoms with Crippen LogP contribution in [0.5, 0.6) is 0 Å². The van der Waals surface area contributed by atoms with Crippen LogP contribution >= 0.6 is 0 Å². The summed E-state index contributed by atoms with van der Waals surface area (Å²) in [6.07, 6.45) is -4.60. The molecule has 5 nitrogen and oxygen atoms in total. The summed E-state index contributed by atoms with van der Waals surface area (Å²) in [7, 11) is 0. The third-order valence-electron chi connectivity index (χ3n) is 4.14. The number of carbonyl (C=O) groups excluding carboxylic acids is 2. The molecule has 1 aliphatic rings. The maximum Gasteiger partial charge on any atom is 0.340 e. The fourth-order valence-electron chi connectivity index (χ4n) is 2.76. The van der Waals surface area contributed by atoms with Crippen molar-refractivity contribution in [2.45, 2.75) is 38.0 Å². The first kappa shape index (κ1) is 18.1. The van der Waals surface area contributed by atoms with Crippen molar-refractivity contribution in [3.05, 3.63) is 71.8 Å². The van der Waals surface area contributed by atoms with E-state index in [1.165, 1.54) is 0 Å². The van der Waals surface area contributed by atoms with E-state index >= 15 is 0 Å². The van der Waals surface area contributed by atoms with Gasteiger partial charge in [-0.25, -0.2) is 14.0 Å². The van der Waals surface area contributed by atoms with E-state index in [4.69, 9.17) is 14.2 Å². The Hall–Kier alpha value is -2.73. The van der Waals surface area contributed by atoms with Gasteiger partial charge in [0.05, 0.1) is 11.1 Å². The summed E-state index contributed by atoms with van der Waals surface area (Å²) in [5.74, 6) is -1.33. The number of esters is 2. The van der Waals surface area contributed by atoms with Crippen molar-refractivity contribution in [1.29, 1.82) is 0 Å². The van der Waals surface area contributed by atoms with E-state index in [9.17, 15) is 14.0 Å². The normalized spacial score (nSPS) is 24.8. The molecule has 4 unspecified atom stereocenters. The fourth-order valence-corrected chi connectivity index (χ4v) is 2.76. The maximum absolute atomic E-state index is 14.8. The number of ether oxygens (including phenoxy) is 3. The van der Waals surface area contributed by atoms with Gasteiger partial charge in [0.15, 0.2) is 6.10 Å². The molecular weight excluding hydrogens is 339 g/mol.